The maximum atomic E-state index is 15.1. The third-order valence-electron chi connectivity index (χ3n) is 7.92. The van der Waals surface area contributed by atoms with Gasteiger partial charge in [-0.05, 0) is 89.0 Å². The fraction of sp³-hybridized carbons (Fsp3) is 0.533. The Kier molecular flexibility index (Phi) is 8.92. The number of carbonyl (C=O) groups excluding carboxylic acids is 4. The van der Waals surface area contributed by atoms with Crippen LogP contribution < -0.4 is 5.32 Å². The van der Waals surface area contributed by atoms with Crippen LogP contribution in [0.5, 0.6) is 0 Å². The van der Waals surface area contributed by atoms with E-state index in [1.165, 1.54) is 30.9 Å². The van der Waals surface area contributed by atoms with Crippen LogP contribution in [-0.4, -0.2) is 59.1 Å². The van der Waals surface area contributed by atoms with E-state index in [1.54, 1.807) is 0 Å². The van der Waals surface area contributed by atoms with Crippen molar-refractivity contribution in [2.75, 3.05) is 19.6 Å². The Hall–Kier alpha value is -3.13. The fourth-order valence-corrected chi connectivity index (χ4v) is 5.77. The highest BCUT2D eigenvalue weighted by atomic mass is 19.1. The zero-order valence-electron chi connectivity index (χ0n) is 22.6. The van der Waals surface area contributed by atoms with Crippen LogP contribution in [-0.2, 0) is 9.59 Å². The first-order chi connectivity index (χ1) is 18.2. The summed E-state index contributed by atoms with van der Waals surface area (Å²) in [5.41, 5.74) is 2.52. The topological polar surface area (TPSA) is 86.8 Å². The summed E-state index contributed by atoms with van der Waals surface area (Å²) in [6, 6.07) is 1.45. The highest BCUT2D eigenvalue weighted by Crippen LogP contribution is 2.32. The maximum Gasteiger partial charge on any atom is 0.262 e. The number of nitrogens with zero attached hydrogens (tertiary/aromatic N) is 2. The number of amides is 4. The summed E-state index contributed by atoms with van der Waals surface area (Å²) in [6.45, 7) is 9.18. The van der Waals surface area contributed by atoms with E-state index in [2.05, 4.69) is 30.1 Å². The Balaban J connectivity index is 1.44. The van der Waals surface area contributed by atoms with Crippen LogP contribution in [0.4, 0.5) is 4.39 Å². The molecule has 0 saturated carbocycles. The van der Waals surface area contributed by atoms with Crippen LogP contribution in [0.25, 0.3) is 5.57 Å². The van der Waals surface area contributed by atoms with Gasteiger partial charge in [0.15, 0.2) is 0 Å². The molecule has 0 spiro atoms. The van der Waals surface area contributed by atoms with Gasteiger partial charge in [-0.25, -0.2) is 4.39 Å². The summed E-state index contributed by atoms with van der Waals surface area (Å²) >= 11 is 0. The number of halogens is 1. The second-order valence-corrected chi connectivity index (χ2v) is 10.8. The molecule has 2 atom stereocenters. The van der Waals surface area contributed by atoms with Gasteiger partial charge in [0, 0.05) is 25.1 Å². The Morgan fingerprint density at radius 2 is 1.82 bits per heavy atom. The van der Waals surface area contributed by atoms with E-state index in [4.69, 9.17) is 0 Å². The lowest BCUT2D eigenvalue weighted by atomic mass is 9.98. The normalized spacial score (nSPS) is 22.5. The molecular weight excluding hydrogens is 485 g/mol. The molecule has 2 unspecified atom stereocenters. The van der Waals surface area contributed by atoms with Crippen molar-refractivity contribution < 1.29 is 23.6 Å². The Morgan fingerprint density at radius 1 is 1.08 bits per heavy atom. The molecule has 8 heteroatoms. The fourth-order valence-electron chi connectivity index (χ4n) is 5.77. The van der Waals surface area contributed by atoms with Crippen LogP contribution in [0.3, 0.4) is 0 Å². The van der Waals surface area contributed by atoms with Gasteiger partial charge < -0.3 is 4.90 Å². The number of hydrogen-bond acceptors (Lipinski definition) is 5. The van der Waals surface area contributed by atoms with Gasteiger partial charge >= 0.3 is 0 Å². The van der Waals surface area contributed by atoms with Crippen LogP contribution >= 0.6 is 0 Å². The average Bonchev–Trinajstić information content (AvgIpc) is 2.98. The van der Waals surface area contributed by atoms with Crippen molar-refractivity contribution in [1.29, 1.82) is 0 Å². The molecule has 204 valence electrons. The highest BCUT2D eigenvalue weighted by Gasteiger charge is 2.45. The predicted octanol–water partition coefficient (Wildman–Crippen LogP) is 4.87. The minimum absolute atomic E-state index is 0.0393. The van der Waals surface area contributed by atoms with E-state index >= 15 is 4.39 Å². The van der Waals surface area contributed by atoms with Crippen molar-refractivity contribution in [3.8, 4) is 0 Å². The second-order valence-electron chi connectivity index (χ2n) is 10.8. The Morgan fingerprint density at radius 3 is 2.53 bits per heavy atom. The molecule has 1 aromatic rings. The molecule has 1 fully saturated rings. The molecule has 1 N–H and O–H groups in total. The molecule has 4 amide bonds. The molecule has 2 aliphatic heterocycles. The van der Waals surface area contributed by atoms with Crippen molar-refractivity contribution in [3.05, 3.63) is 52.4 Å². The number of imide groups is 2. The third kappa shape index (κ3) is 6.12. The maximum absolute atomic E-state index is 15.1. The number of hydrogen-bond donors (Lipinski definition) is 1. The minimum Gasteiger partial charge on any atom is -0.303 e. The van der Waals surface area contributed by atoms with Crippen molar-refractivity contribution in [1.82, 2.24) is 15.1 Å². The van der Waals surface area contributed by atoms with Crippen LogP contribution in [0.2, 0.25) is 0 Å². The average molecular weight is 524 g/mol. The van der Waals surface area contributed by atoms with Gasteiger partial charge in [0.2, 0.25) is 11.8 Å². The molecule has 0 aromatic heterocycles. The van der Waals surface area contributed by atoms with Crippen molar-refractivity contribution in [2.45, 2.75) is 78.2 Å². The summed E-state index contributed by atoms with van der Waals surface area (Å²) in [5, 5.41) is 2.17. The van der Waals surface area contributed by atoms with E-state index < -0.39 is 35.5 Å². The summed E-state index contributed by atoms with van der Waals surface area (Å²) in [5.74, 6) is -2.34. The molecule has 1 aliphatic carbocycles. The van der Waals surface area contributed by atoms with E-state index in [0.717, 1.165) is 49.9 Å². The quantitative estimate of drug-likeness (QED) is 0.369. The van der Waals surface area contributed by atoms with Gasteiger partial charge in [0.05, 0.1) is 11.1 Å². The molecule has 0 bridgehead atoms. The summed E-state index contributed by atoms with van der Waals surface area (Å²) < 4.78 is 15.1. The monoisotopic (exact) mass is 523 g/mol. The lowest BCUT2D eigenvalue weighted by Gasteiger charge is -2.27. The van der Waals surface area contributed by atoms with Gasteiger partial charge in [0.1, 0.15) is 11.9 Å². The van der Waals surface area contributed by atoms with Crippen molar-refractivity contribution in [2.24, 2.45) is 5.92 Å². The van der Waals surface area contributed by atoms with Crippen molar-refractivity contribution in [3.63, 3.8) is 0 Å². The SMILES string of the molecule is CCCN(CC/C=C(/C)c1cc2c(cc1F)C(=O)N(C1CCC(=O)NC1=O)C2=O)CC1CCC=C(C)CC1. The lowest BCUT2D eigenvalue weighted by molar-refractivity contribution is -0.136. The Bertz CT molecular complexity index is 1190. The van der Waals surface area contributed by atoms with E-state index in [0.29, 0.717) is 11.5 Å². The number of allylic oxidation sites excluding steroid dienone is 3. The smallest absolute Gasteiger partial charge is 0.262 e. The molecular formula is C30H38FN3O4. The first kappa shape index (κ1) is 27.9. The molecule has 1 saturated heterocycles. The van der Waals surface area contributed by atoms with Gasteiger partial charge in [-0.2, -0.15) is 0 Å². The number of fused-ring (bicyclic) bond motifs is 1. The standard InChI is InChI=1S/C30H38FN3O4/c1-4-14-33(18-21-9-5-7-19(2)10-11-21)15-6-8-20(3)22-16-23-24(17-25(22)31)30(38)34(29(23)37)26-12-13-27(35)32-28(26)36/h7-8,16-17,21,26H,4-6,9-15,18H2,1-3H3,(H,32,35,36)/b20-8-. The predicted molar refractivity (Wildman–Crippen MR) is 144 cm³/mol. The van der Waals surface area contributed by atoms with E-state index in [9.17, 15) is 19.2 Å². The number of piperidine rings is 1. The zero-order valence-corrected chi connectivity index (χ0v) is 22.6. The van der Waals surface area contributed by atoms with Gasteiger partial charge in [-0.1, -0.05) is 24.6 Å². The highest BCUT2D eigenvalue weighted by molar-refractivity contribution is 6.23. The summed E-state index contributed by atoms with van der Waals surface area (Å²) in [6.07, 6.45) is 11.0. The van der Waals surface area contributed by atoms with Crippen LogP contribution in [0.15, 0.2) is 29.9 Å². The van der Waals surface area contributed by atoms with Crippen molar-refractivity contribution >= 4 is 29.2 Å². The molecule has 0 radical (unpaired) electrons. The van der Waals surface area contributed by atoms with Gasteiger partial charge in [-0.3, -0.25) is 29.4 Å². The molecule has 1 aromatic carbocycles. The van der Waals surface area contributed by atoms with Gasteiger partial charge in [-0.15, -0.1) is 0 Å². The van der Waals surface area contributed by atoms with E-state index in [1.807, 2.05) is 13.0 Å². The summed E-state index contributed by atoms with van der Waals surface area (Å²) in [7, 11) is 0. The molecule has 4 rings (SSSR count). The third-order valence-corrected chi connectivity index (χ3v) is 7.92. The first-order valence-corrected chi connectivity index (χ1v) is 13.8. The molecule has 2 heterocycles. The largest absolute Gasteiger partial charge is 0.303 e. The van der Waals surface area contributed by atoms with E-state index in [-0.39, 0.29) is 29.5 Å². The molecule has 7 nitrogen and oxygen atoms in total. The zero-order chi connectivity index (χ0) is 27.4. The van der Waals surface area contributed by atoms with Gasteiger partial charge in [0.25, 0.3) is 11.8 Å². The lowest BCUT2D eigenvalue weighted by Crippen LogP contribution is -2.54. The second kappa shape index (κ2) is 12.2. The number of carbonyl (C=O) groups is 4. The first-order valence-electron chi connectivity index (χ1n) is 13.8. The van der Waals surface area contributed by atoms with Crippen LogP contribution in [0, 0.1) is 11.7 Å². The number of benzene rings is 1. The van der Waals surface area contributed by atoms with Crippen LogP contribution in [0.1, 0.15) is 98.4 Å². The minimum atomic E-state index is -1.07. The molecule has 3 aliphatic rings. The number of rotatable bonds is 9. The summed E-state index contributed by atoms with van der Waals surface area (Å²) in [4.78, 5) is 53.2. The number of nitrogens with one attached hydrogen (secondary N) is 1. The Labute approximate surface area is 224 Å². The molecule has 38 heavy (non-hydrogen) atoms.